The average Bonchev–Trinajstić information content (AvgIpc) is 3.34. The molecule has 0 radical (unpaired) electrons. The molecule has 5 heterocycles. The molecule has 0 unspecified atom stereocenters. The van der Waals surface area contributed by atoms with E-state index < -0.39 is 5.60 Å². The van der Waals surface area contributed by atoms with Gasteiger partial charge in [-0.15, -0.1) is 0 Å². The lowest BCUT2D eigenvalue weighted by atomic mass is 10.0. The number of rotatable bonds is 2. The number of anilines is 1. The number of nitrogens with zero attached hydrogens (tertiary/aromatic N) is 5. The van der Waals surface area contributed by atoms with E-state index >= 15 is 0 Å². The summed E-state index contributed by atoms with van der Waals surface area (Å²) in [5.74, 6) is 7.52. The summed E-state index contributed by atoms with van der Waals surface area (Å²) < 4.78 is 12.3. The SMILES string of the molecule is C[C@@H]1COCCN1c1cc(C#CC2(O)COC2)c2cnn(-c3cc[nH]n3)c2n1. The molecule has 2 N–H and O–H groups in total. The summed E-state index contributed by atoms with van der Waals surface area (Å²) in [6.45, 7) is 4.62. The molecular weight excluding hydrogens is 360 g/mol. The summed E-state index contributed by atoms with van der Waals surface area (Å²) in [6.07, 6.45) is 3.47. The average molecular weight is 380 g/mol. The number of aromatic amines is 1. The Kier molecular flexibility index (Phi) is 4.05. The maximum atomic E-state index is 10.3. The molecule has 0 saturated carbocycles. The van der Waals surface area contributed by atoms with Gasteiger partial charge in [-0.3, -0.25) is 5.10 Å². The lowest BCUT2D eigenvalue weighted by molar-refractivity contribution is -0.140. The number of aromatic nitrogens is 5. The van der Waals surface area contributed by atoms with Gasteiger partial charge in [-0.2, -0.15) is 14.9 Å². The number of nitrogens with one attached hydrogen (secondary N) is 1. The van der Waals surface area contributed by atoms with Gasteiger partial charge in [-0.05, 0) is 13.0 Å². The number of H-pyrrole nitrogens is 1. The number of pyridine rings is 1. The predicted molar refractivity (Wildman–Crippen MR) is 101 cm³/mol. The van der Waals surface area contributed by atoms with Crippen LogP contribution in [-0.4, -0.2) is 74.7 Å². The van der Waals surface area contributed by atoms with Gasteiger partial charge in [-0.25, -0.2) is 4.98 Å². The quantitative estimate of drug-likeness (QED) is 0.624. The summed E-state index contributed by atoms with van der Waals surface area (Å²) in [7, 11) is 0. The van der Waals surface area contributed by atoms with Crippen LogP contribution in [0.3, 0.4) is 0 Å². The van der Waals surface area contributed by atoms with E-state index in [0.717, 1.165) is 23.3 Å². The highest BCUT2D eigenvalue weighted by atomic mass is 16.5. The molecule has 2 fully saturated rings. The largest absolute Gasteiger partial charge is 0.377 e. The van der Waals surface area contributed by atoms with Crippen molar-refractivity contribution in [1.29, 1.82) is 0 Å². The van der Waals surface area contributed by atoms with Crippen molar-refractivity contribution < 1.29 is 14.6 Å². The Labute approximate surface area is 161 Å². The normalized spacial score (nSPS) is 21.2. The maximum Gasteiger partial charge on any atom is 0.177 e. The number of hydrogen-bond donors (Lipinski definition) is 2. The van der Waals surface area contributed by atoms with Gasteiger partial charge in [0.1, 0.15) is 5.82 Å². The number of aliphatic hydroxyl groups is 1. The van der Waals surface area contributed by atoms with Crippen LogP contribution < -0.4 is 4.90 Å². The minimum absolute atomic E-state index is 0.200. The maximum absolute atomic E-state index is 10.3. The van der Waals surface area contributed by atoms with Gasteiger partial charge in [0.25, 0.3) is 0 Å². The predicted octanol–water partition coefficient (Wildman–Crippen LogP) is 0.481. The monoisotopic (exact) mass is 380 g/mol. The minimum atomic E-state index is -1.08. The van der Waals surface area contributed by atoms with Crippen molar-refractivity contribution in [3.8, 4) is 17.7 Å². The zero-order chi connectivity index (χ0) is 19.1. The third-order valence-electron chi connectivity index (χ3n) is 5.00. The molecular formula is C19H20N6O3. The van der Waals surface area contributed by atoms with Crippen LogP contribution in [0.15, 0.2) is 24.5 Å². The van der Waals surface area contributed by atoms with Crippen molar-refractivity contribution in [2.24, 2.45) is 0 Å². The van der Waals surface area contributed by atoms with E-state index in [9.17, 15) is 5.11 Å². The van der Waals surface area contributed by atoms with Gasteiger partial charge in [0.05, 0.1) is 44.1 Å². The first-order valence-corrected chi connectivity index (χ1v) is 9.20. The van der Waals surface area contributed by atoms with Crippen LogP contribution in [0.4, 0.5) is 5.82 Å². The second-order valence-electron chi connectivity index (χ2n) is 7.15. The number of morpholine rings is 1. The Morgan fingerprint density at radius 1 is 1.32 bits per heavy atom. The molecule has 9 heteroatoms. The highest BCUT2D eigenvalue weighted by Gasteiger charge is 2.34. The molecule has 9 nitrogen and oxygen atoms in total. The molecule has 2 saturated heterocycles. The van der Waals surface area contributed by atoms with E-state index in [1.807, 2.05) is 12.1 Å². The van der Waals surface area contributed by atoms with Gasteiger partial charge >= 0.3 is 0 Å². The fourth-order valence-electron chi connectivity index (χ4n) is 3.39. The van der Waals surface area contributed by atoms with Crippen LogP contribution in [-0.2, 0) is 9.47 Å². The summed E-state index contributed by atoms with van der Waals surface area (Å²) in [5, 5.41) is 22.6. The summed E-state index contributed by atoms with van der Waals surface area (Å²) in [5.41, 5.74) is 0.352. The van der Waals surface area contributed by atoms with E-state index in [-0.39, 0.29) is 19.3 Å². The van der Waals surface area contributed by atoms with Crippen molar-refractivity contribution in [2.75, 3.05) is 37.9 Å². The second kappa shape index (κ2) is 6.60. The first kappa shape index (κ1) is 17.2. The van der Waals surface area contributed by atoms with E-state index in [1.54, 1.807) is 17.1 Å². The van der Waals surface area contributed by atoms with E-state index in [2.05, 4.69) is 39.0 Å². The van der Waals surface area contributed by atoms with Crippen molar-refractivity contribution in [2.45, 2.75) is 18.6 Å². The second-order valence-corrected chi connectivity index (χ2v) is 7.15. The molecule has 0 aromatic carbocycles. The van der Waals surface area contributed by atoms with Crippen LogP contribution in [0.2, 0.25) is 0 Å². The van der Waals surface area contributed by atoms with Crippen LogP contribution in [0.5, 0.6) is 0 Å². The topological polar surface area (TPSA) is 101 Å². The fourth-order valence-corrected chi connectivity index (χ4v) is 3.39. The van der Waals surface area contributed by atoms with E-state index in [1.165, 1.54) is 0 Å². The molecule has 1 atom stereocenters. The van der Waals surface area contributed by atoms with Crippen molar-refractivity contribution in [3.05, 3.63) is 30.1 Å². The molecule has 5 rings (SSSR count). The van der Waals surface area contributed by atoms with Crippen molar-refractivity contribution in [3.63, 3.8) is 0 Å². The molecule has 0 spiro atoms. The molecule has 3 aromatic heterocycles. The van der Waals surface area contributed by atoms with Crippen LogP contribution in [0, 0.1) is 11.8 Å². The number of fused-ring (bicyclic) bond motifs is 1. The molecule has 3 aromatic rings. The zero-order valence-corrected chi connectivity index (χ0v) is 15.4. The minimum Gasteiger partial charge on any atom is -0.377 e. The van der Waals surface area contributed by atoms with Crippen molar-refractivity contribution in [1.82, 2.24) is 25.0 Å². The van der Waals surface area contributed by atoms with Crippen LogP contribution in [0.1, 0.15) is 12.5 Å². The van der Waals surface area contributed by atoms with Crippen LogP contribution >= 0.6 is 0 Å². The molecule has 2 aliphatic heterocycles. The van der Waals surface area contributed by atoms with Crippen molar-refractivity contribution >= 4 is 16.9 Å². The Morgan fingerprint density at radius 3 is 2.93 bits per heavy atom. The molecule has 0 aliphatic carbocycles. The highest BCUT2D eigenvalue weighted by molar-refractivity contribution is 5.85. The van der Waals surface area contributed by atoms with E-state index in [4.69, 9.17) is 14.5 Å². The molecule has 0 amide bonds. The summed E-state index contributed by atoms with van der Waals surface area (Å²) in [4.78, 5) is 7.07. The first-order valence-electron chi connectivity index (χ1n) is 9.20. The molecule has 144 valence electrons. The summed E-state index contributed by atoms with van der Waals surface area (Å²) in [6, 6.07) is 3.99. The Bertz CT molecular complexity index is 1060. The zero-order valence-electron chi connectivity index (χ0n) is 15.4. The Morgan fingerprint density at radius 2 is 2.21 bits per heavy atom. The van der Waals surface area contributed by atoms with Gasteiger partial charge in [0.2, 0.25) is 0 Å². The van der Waals surface area contributed by atoms with E-state index in [0.29, 0.717) is 24.7 Å². The lowest BCUT2D eigenvalue weighted by Crippen LogP contribution is -2.48. The standard InChI is InChI=1S/C19H20N6O3/c1-13-10-27-7-6-24(13)17-8-14(2-4-19(26)11-28-12-19)15-9-21-25(18(15)22-17)16-3-5-20-23-16/h3,5,8-9,13,26H,6-7,10-12H2,1H3,(H,20,23)/t13-/m1/s1. The molecule has 28 heavy (non-hydrogen) atoms. The van der Waals surface area contributed by atoms with Crippen LogP contribution in [0.25, 0.3) is 16.9 Å². The first-order chi connectivity index (χ1) is 13.6. The van der Waals surface area contributed by atoms with Gasteiger partial charge in [0, 0.05) is 24.4 Å². The Hall–Kier alpha value is -2.93. The van der Waals surface area contributed by atoms with Gasteiger partial charge in [0.15, 0.2) is 17.1 Å². The third-order valence-corrected chi connectivity index (χ3v) is 5.00. The Balaban J connectivity index is 1.66. The number of ether oxygens (including phenoxy) is 2. The molecule has 2 aliphatic rings. The molecule has 0 bridgehead atoms. The third kappa shape index (κ3) is 2.92. The highest BCUT2D eigenvalue weighted by Crippen LogP contribution is 2.26. The number of hydrogen-bond acceptors (Lipinski definition) is 7. The van der Waals surface area contributed by atoms with Gasteiger partial charge < -0.3 is 19.5 Å². The van der Waals surface area contributed by atoms with Gasteiger partial charge in [-0.1, -0.05) is 11.8 Å². The fraction of sp³-hybridized carbons (Fsp3) is 0.421. The lowest BCUT2D eigenvalue weighted by Gasteiger charge is -2.34. The smallest absolute Gasteiger partial charge is 0.177 e. The summed E-state index contributed by atoms with van der Waals surface area (Å²) >= 11 is 0.